The maximum absolute atomic E-state index is 6.03. The molecular formula is C15H18ClN. The predicted octanol–water partition coefficient (Wildman–Crippen LogP) is 5.04. The summed E-state index contributed by atoms with van der Waals surface area (Å²) in [6, 6.07) is 8.21. The zero-order valence-corrected chi connectivity index (χ0v) is 10.8. The fraction of sp³-hybridized carbons (Fsp3) is 0.333. The minimum atomic E-state index is 0.809. The number of halogens is 1. The van der Waals surface area contributed by atoms with Crippen LogP contribution in [0, 0.1) is 0 Å². The van der Waals surface area contributed by atoms with Gasteiger partial charge in [0.05, 0.1) is 0 Å². The number of aryl methyl sites for hydroxylation is 1. The van der Waals surface area contributed by atoms with Crippen LogP contribution in [-0.2, 0) is 6.54 Å². The van der Waals surface area contributed by atoms with Gasteiger partial charge < -0.3 is 4.57 Å². The summed E-state index contributed by atoms with van der Waals surface area (Å²) in [4.78, 5) is 0. The average molecular weight is 248 g/mol. The Morgan fingerprint density at radius 3 is 2.88 bits per heavy atom. The van der Waals surface area contributed by atoms with Crippen molar-refractivity contribution in [1.82, 2.24) is 4.57 Å². The minimum absolute atomic E-state index is 0.809. The van der Waals surface area contributed by atoms with Crippen LogP contribution >= 0.6 is 11.6 Å². The summed E-state index contributed by atoms with van der Waals surface area (Å²) in [5.74, 6) is 0. The zero-order chi connectivity index (χ0) is 12.1. The van der Waals surface area contributed by atoms with Gasteiger partial charge in [0, 0.05) is 23.3 Å². The number of benzene rings is 1. The maximum atomic E-state index is 6.03. The molecule has 0 radical (unpaired) electrons. The van der Waals surface area contributed by atoms with E-state index in [1.165, 1.54) is 30.2 Å². The molecule has 90 valence electrons. The first-order valence-electron chi connectivity index (χ1n) is 6.16. The second-order valence-electron chi connectivity index (χ2n) is 4.35. The van der Waals surface area contributed by atoms with E-state index in [2.05, 4.69) is 29.5 Å². The lowest BCUT2D eigenvalue weighted by molar-refractivity contribution is 0.603. The maximum Gasteiger partial charge on any atom is 0.0495 e. The first-order valence-corrected chi connectivity index (χ1v) is 6.54. The summed E-state index contributed by atoms with van der Waals surface area (Å²) >= 11 is 6.03. The Kier molecular flexibility index (Phi) is 4.27. The number of nitrogens with zero attached hydrogens (tertiary/aromatic N) is 1. The molecule has 0 fully saturated rings. The fourth-order valence-corrected chi connectivity index (χ4v) is 2.27. The van der Waals surface area contributed by atoms with E-state index in [-0.39, 0.29) is 0 Å². The SMILES string of the molecule is C=CCCCCCn1ccc2ccc(Cl)cc21. The van der Waals surface area contributed by atoms with Gasteiger partial charge in [0.15, 0.2) is 0 Å². The quantitative estimate of drug-likeness (QED) is 0.498. The highest BCUT2D eigenvalue weighted by Gasteiger charge is 2.01. The van der Waals surface area contributed by atoms with Crippen molar-refractivity contribution in [3.05, 3.63) is 48.1 Å². The van der Waals surface area contributed by atoms with E-state index in [0.717, 1.165) is 18.0 Å². The number of hydrogen-bond donors (Lipinski definition) is 0. The van der Waals surface area contributed by atoms with Crippen molar-refractivity contribution in [3.8, 4) is 0 Å². The Hall–Kier alpha value is -1.21. The summed E-state index contributed by atoms with van der Waals surface area (Å²) < 4.78 is 2.29. The summed E-state index contributed by atoms with van der Waals surface area (Å²) in [6.07, 6.45) is 8.97. The molecule has 0 spiro atoms. The molecule has 2 aromatic rings. The van der Waals surface area contributed by atoms with Crippen molar-refractivity contribution in [2.75, 3.05) is 0 Å². The van der Waals surface area contributed by atoms with Gasteiger partial charge in [-0.05, 0) is 42.8 Å². The summed E-state index contributed by atoms with van der Waals surface area (Å²) in [5, 5.41) is 2.07. The van der Waals surface area contributed by atoms with Crippen LogP contribution in [0.5, 0.6) is 0 Å². The Morgan fingerprint density at radius 1 is 1.18 bits per heavy atom. The zero-order valence-electron chi connectivity index (χ0n) is 10.0. The molecule has 0 saturated heterocycles. The molecule has 17 heavy (non-hydrogen) atoms. The molecular weight excluding hydrogens is 230 g/mol. The van der Waals surface area contributed by atoms with Gasteiger partial charge in [-0.2, -0.15) is 0 Å². The van der Waals surface area contributed by atoms with Crippen molar-refractivity contribution in [2.45, 2.75) is 32.2 Å². The number of hydrogen-bond acceptors (Lipinski definition) is 0. The van der Waals surface area contributed by atoms with Crippen molar-refractivity contribution >= 4 is 22.5 Å². The third kappa shape index (κ3) is 3.13. The Balaban J connectivity index is 1.98. The Morgan fingerprint density at radius 2 is 2.06 bits per heavy atom. The van der Waals surface area contributed by atoms with Crippen molar-refractivity contribution < 1.29 is 0 Å². The van der Waals surface area contributed by atoms with Crippen LogP contribution in [0.15, 0.2) is 43.1 Å². The van der Waals surface area contributed by atoms with E-state index in [1.54, 1.807) is 0 Å². The van der Waals surface area contributed by atoms with Crippen LogP contribution in [0.2, 0.25) is 5.02 Å². The van der Waals surface area contributed by atoms with Crippen LogP contribution in [0.4, 0.5) is 0 Å². The molecule has 2 rings (SSSR count). The Labute approximate surface area is 108 Å². The second-order valence-corrected chi connectivity index (χ2v) is 4.79. The van der Waals surface area contributed by atoms with Gasteiger partial charge in [0.1, 0.15) is 0 Å². The lowest BCUT2D eigenvalue weighted by Gasteiger charge is -2.05. The van der Waals surface area contributed by atoms with Gasteiger partial charge in [-0.15, -0.1) is 6.58 Å². The number of allylic oxidation sites excluding steroid dienone is 1. The van der Waals surface area contributed by atoms with Gasteiger partial charge in [-0.1, -0.05) is 30.2 Å². The highest BCUT2D eigenvalue weighted by molar-refractivity contribution is 6.31. The monoisotopic (exact) mass is 247 g/mol. The fourth-order valence-electron chi connectivity index (χ4n) is 2.10. The van der Waals surface area contributed by atoms with Crippen LogP contribution in [0.1, 0.15) is 25.7 Å². The lowest BCUT2D eigenvalue weighted by Crippen LogP contribution is -1.95. The largest absolute Gasteiger partial charge is 0.347 e. The number of fused-ring (bicyclic) bond motifs is 1. The third-order valence-electron chi connectivity index (χ3n) is 3.04. The Bertz CT molecular complexity index is 499. The standard InChI is InChI=1S/C15H18ClN/c1-2-3-4-5-6-10-17-11-9-13-7-8-14(16)12-15(13)17/h2,7-9,11-12H,1,3-6,10H2. The van der Waals surface area contributed by atoms with Crippen LogP contribution in [0.25, 0.3) is 10.9 Å². The second kappa shape index (κ2) is 5.92. The van der Waals surface area contributed by atoms with E-state index < -0.39 is 0 Å². The average Bonchev–Trinajstić information content (AvgIpc) is 2.72. The molecule has 0 unspecified atom stereocenters. The van der Waals surface area contributed by atoms with E-state index in [4.69, 9.17) is 11.6 Å². The predicted molar refractivity (Wildman–Crippen MR) is 75.6 cm³/mol. The molecule has 0 aliphatic rings. The normalized spacial score (nSPS) is 10.9. The van der Waals surface area contributed by atoms with E-state index in [1.807, 2.05) is 18.2 Å². The molecule has 2 heteroatoms. The topological polar surface area (TPSA) is 4.93 Å². The van der Waals surface area contributed by atoms with Crippen LogP contribution < -0.4 is 0 Å². The first kappa shape index (κ1) is 12.3. The smallest absolute Gasteiger partial charge is 0.0495 e. The molecule has 0 saturated carbocycles. The molecule has 0 bridgehead atoms. The minimum Gasteiger partial charge on any atom is -0.347 e. The van der Waals surface area contributed by atoms with Gasteiger partial charge >= 0.3 is 0 Å². The number of aromatic nitrogens is 1. The molecule has 0 aliphatic heterocycles. The highest BCUT2D eigenvalue weighted by atomic mass is 35.5. The van der Waals surface area contributed by atoms with Gasteiger partial charge in [0.2, 0.25) is 0 Å². The summed E-state index contributed by atoms with van der Waals surface area (Å²) in [5.41, 5.74) is 1.24. The molecule has 0 amide bonds. The van der Waals surface area contributed by atoms with Gasteiger partial charge in [-0.3, -0.25) is 0 Å². The van der Waals surface area contributed by atoms with E-state index in [0.29, 0.717) is 0 Å². The first-order chi connectivity index (χ1) is 8.31. The summed E-state index contributed by atoms with van der Waals surface area (Å²) in [7, 11) is 0. The van der Waals surface area contributed by atoms with Crippen molar-refractivity contribution in [3.63, 3.8) is 0 Å². The summed E-state index contributed by atoms with van der Waals surface area (Å²) in [6.45, 7) is 4.81. The molecule has 1 aromatic heterocycles. The third-order valence-corrected chi connectivity index (χ3v) is 3.28. The molecule has 1 aromatic carbocycles. The molecule has 1 nitrogen and oxygen atoms in total. The number of rotatable bonds is 6. The van der Waals surface area contributed by atoms with Crippen LogP contribution in [-0.4, -0.2) is 4.57 Å². The molecule has 1 heterocycles. The van der Waals surface area contributed by atoms with Crippen LogP contribution in [0.3, 0.4) is 0 Å². The number of unbranched alkanes of at least 4 members (excludes halogenated alkanes) is 3. The van der Waals surface area contributed by atoms with E-state index in [9.17, 15) is 0 Å². The molecule has 0 aliphatic carbocycles. The highest BCUT2D eigenvalue weighted by Crippen LogP contribution is 2.21. The lowest BCUT2D eigenvalue weighted by atomic mass is 10.2. The van der Waals surface area contributed by atoms with Gasteiger partial charge in [0.25, 0.3) is 0 Å². The van der Waals surface area contributed by atoms with Crippen molar-refractivity contribution in [1.29, 1.82) is 0 Å². The molecule has 0 N–H and O–H groups in total. The van der Waals surface area contributed by atoms with Crippen molar-refractivity contribution in [2.24, 2.45) is 0 Å². The molecule has 0 atom stereocenters. The van der Waals surface area contributed by atoms with Gasteiger partial charge in [-0.25, -0.2) is 0 Å². The van der Waals surface area contributed by atoms with E-state index >= 15 is 0 Å².